The fourth-order valence-electron chi connectivity index (χ4n) is 3.00. The number of phenols is 1. The number of hydrogen-bond acceptors (Lipinski definition) is 5. The van der Waals surface area contributed by atoms with Gasteiger partial charge in [0.1, 0.15) is 11.1 Å². The molecule has 0 aliphatic carbocycles. The van der Waals surface area contributed by atoms with Crippen LogP contribution in [0.5, 0.6) is 5.75 Å². The van der Waals surface area contributed by atoms with Crippen molar-refractivity contribution < 1.29 is 22.7 Å². The maximum atomic E-state index is 13.8. The van der Waals surface area contributed by atoms with Crippen molar-refractivity contribution in [3.63, 3.8) is 0 Å². The van der Waals surface area contributed by atoms with Crippen LogP contribution in [0.15, 0.2) is 30.5 Å². The normalized spacial score (nSPS) is 16.4. The number of benzene rings is 1. The zero-order valence-corrected chi connectivity index (χ0v) is 15.6. The molecule has 0 atom stereocenters. The van der Waals surface area contributed by atoms with Crippen LogP contribution in [-0.4, -0.2) is 27.3 Å². The molecule has 2 heterocycles. The van der Waals surface area contributed by atoms with E-state index in [1.807, 2.05) is 0 Å². The molecule has 0 bridgehead atoms. The number of pyridine rings is 1. The number of anilines is 2. The van der Waals surface area contributed by atoms with Crippen molar-refractivity contribution in [1.29, 1.82) is 5.26 Å². The maximum absolute atomic E-state index is 13.8. The van der Waals surface area contributed by atoms with Crippen LogP contribution >= 0.6 is 12.2 Å². The fourth-order valence-corrected chi connectivity index (χ4v) is 3.28. The van der Waals surface area contributed by atoms with Gasteiger partial charge in [-0.3, -0.25) is 0 Å². The number of nitrogens with zero attached hydrogens (tertiary/aromatic N) is 4. The lowest BCUT2D eigenvalue weighted by Gasteiger charge is -2.31. The summed E-state index contributed by atoms with van der Waals surface area (Å²) in [5.41, 5.74) is -2.22. The second-order valence-corrected chi connectivity index (χ2v) is 7.08. The molecule has 1 aliphatic heterocycles. The first kappa shape index (κ1) is 19.8. The molecule has 0 amide bonds. The fraction of sp³-hybridized carbons (Fsp3) is 0.278. The summed E-state index contributed by atoms with van der Waals surface area (Å²) >= 11 is 5.46. The Morgan fingerprint density at radius 1 is 1.25 bits per heavy atom. The average molecular weight is 410 g/mol. The van der Waals surface area contributed by atoms with Gasteiger partial charge in [-0.1, -0.05) is 12.2 Å². The highest BCUT2D eigenvalue weighted by Gasteiger charge is 2.44. The molecule has 146 valence electrons. The minimum Gasteiger partial charge on any atom is -0.505 e. The largest absolute Gasteiger partial charge is 0.505 e. The molecule has 0 saturated carbocycles. The van der Waals surface area contributed by atoms with E-state index in [1.54, 1.807) is 18.7 Å². The third kappa shape index (κ3) is 3.22. The van der Waals surface area contributed by atoms with Crippen molar-refractivity contribution in [3.05, 3.63) is 47.5 Å². The van der Waals surface area contributed by atoms with Gasteiger partial charge in [-0.2, -0.15) is 18.4 Å². The van der Waals surface area contributed by atoms with Gasteiger partial charge in [0, 0.05) is 11.8 Å². The molecule has 0 radical (unpaired) electrons. The molecule has 1 aromatic carbocycles. The summed E-state index contributed by atoms with van der Waals surface area (Å²) in [6, 6.07) is 6.07. The van der Waals surface area contributed by atoms with E-state index in [0.717, 1.165) is 18.3 Å². The highest BCUT2D eigenvalue weighted by atomic mass is 32.1. The number of thiocarbonyl (C=S) groups is 1. The quantitative estimate of drug-likeness (QED) is 0.591. The number of rotatable bonds is 2. The number of aromatic hydroxyl groups is 1. The lowest BCUT2D eigenvalue weighted by atomic mass is 10.0. The zero-order chi connectivity index (χ0) is 20.9. The Hall–Kier alpha value is -2.93. The molecule has 0 unspecified atom stereocenters. The number of aromatic nitrogens is 1. The van der Waals surface area contributed by atoms with Gasteiger partial charge in [0.2, 0.25) is 0 Å². The third-order valence-corrected chi connectivity index (χ3v) is 5.29. The van der Waals surface area contributed by atoms with Crippen LogP contribution in [0.2, 0.25) is 0 Å². The summed E-state index contributed by atoms with van der Waals surface area (Å²) in [5, 5.41) is 18.3. The van der Waals surface area contributed by atoms with Crippen molar-refractivity contribution in [2.24, 2.45) is 0 Å². The van der Waals surface area contributed by atoms with Gasteiger partial charge >= 0.3 is 6.18 Å². The molecule has 28 heavy (non-hydrogen) atoms. The number of phenolic OH excluding ortho intramolecular Hbond substituents is 1. The molecule has 2 aromatic rings. The number of halogens is 4. The van der Waals surface area contributed by atoms with Crippen LogP contribution in [0.3, 0.4) is 0 Å². The van der Waals surface area contributed by atoms with Crippen molar-refractivity contribution in [2.75, 3.05) is 16.5 Å². The number of nitriles is 1. The lowest BCUT2D eigenvalue weighted by molar-refractivity contribution is -0.138. The van der Waals surface area contributed by atoms with Crippen LogP contribution in [-0.2, 0) is 6.18 Å². The highest BCUT2D eigenvalue weighted by molar-refractivity contribution is 7.80. The van der Waals surface area contributed by atoms with Gasteiger partial charge in [-0.15, -0.1) is 0 Å². The van der Waals surface area contributed by atoms with Crippen molar-refractivity contribution >= 4 is 28.6 Å². The molecule has 0 spiro atoms. The Morgan fingerprint density at radius 3 is 2.50 bits per heavy atom. The summed E-state index contributed by atoms with van der Waals surface area (Å²) in [6.45, 7) is 3.55. The van der Waals surface area contributed by atoms with Gasteiger partial charge < -0.3 is 14.9 Å². The lowest BCUT2D eigenvalue weighted by Crippen LogP contribution is -2.42. The topological polar surface area (TPSA) is 63.4 Å². The summed E-state index contributed by atoms with van der Waals surface area (Å²) in [5.74, 6) is -1.33. The minimum absolute atomic E-state index is 0.0426. The Bertz CT molecular complexity index is 1000. The van der Waals surface area contributed by atoms with E-state index < -0.39 is 34.5 Å². The molecule has 1 fully saturated rings. The van der Waals surface area contributed by atoms with E-state index >= 15 is 0 Å². The molecule has 1 aromatic heterocycles. The summed E-state index contributed by atoms with van der Waals surface area (Å²) in [7, 11) is 0. The minimum atomic E-state index is -4.75. The molecule has 5 nitrogen and oxygen atoms in total. The number of alkyl halides is 3. The van der Waals surface area contributed by atoms with E-state index in [2.05, 4.69) is 4.98 Å². The van der Waals surface area contributed by atoms with Gasteiger partial charge in [-0.25, -0.2) is 9.37 Å². The second kappa shape index (κ2) is 6.60. The van der Waals surface area contributed by atoms with E-state index in [9.17, 15) is 22.7 Å². The molecule has 3 rings (SSSR count). The van der Waals surface area contributed by atoms with Crippen molar-refractivity contribution in [2.45, 2.75) is 25.6 Å². The van der Waals surface area contributed by atoms with E-state index in [1.165, 1.54) is 23.1 Å². The predicted octanol–water partition coefficient (Wildman–Crippen LogP) is 4.21. The first-order valence-electron chi connectivity index (χ1n) is 8.02. The summed E-state index contributed by atoms with van der Waals surface area (Å²) in [6.07, 6.45) is -3.60. The van der Waals surface area contributed by atoms with Gasteiger partial charge in [0.25, 0.3) is 0 Å². The first-order valence-corrected chi connectivity index (χ1v) is 8.43. The Labute approximate surface area is 163 Å². The summed E-state index contributed by atoms with van der Waals surface area (Å²) in [4.78, 5) is 7.07. The summed E-state index contributed by atoms with van der Waals surface area (Å²) < 4.78 is 53.6. The molecule has 1 N–H and O–H groups in total. The first-order chi connectivity index (χ1) is 13.0. The Morgan fingerprint density at radius 2 is 1.93 bits per heavy atom. The highest BCUT2D eigenvalue weighted by Crippen LogP contribution is 2.39. The Balaban J connectivity index is 2.04. The van der Waals surface area contributed by atoms with Gasteiger partial charge in [0.15, 0.2) is 17.3 Å². The van der Waals surface area contributed by atoms with Gasteiger partial charge in [0.05, 0.1) is 29.7 Å². The average Bonchev–Trinajstić information content (AvgIpc) is 2.86. The monoisotopic (exact) mass is 410 g/mol. The molecular formula is C18H14F4N4OS. The molecule has 10 heteroatoms. The molecule has 1 aliphatic rings. The van der Waals surface area contributed by atoms with Crippen LogP contribution < -0.4 is 9.80 Å². The molecular weight excluding hydrogens is 396 g/mol. The standard InChI is InChI=1S/C18H14F4N4OS/c1-17(2)16(28)25(9-26(17)10-3-4-15(27)13(19)6-10)11-5-12(18(20,21)22)14(7-23)24-8-11/h3-6,8,27H,9H2,1-2H3. The second-order valence-electron chi connectivity index (χ2n) is 6.70. The SMILES string of the molecule is CC1(C)C(=S)N(c2cnc(C#N)c(C(F)(F)F)c2)CN1c1ccc(O)c(F)c1. The van der Waals surface area contributed by atoms with E-state index in [-0.39, 0.29) is 12.4 Å². The van der Waals surface area contributed by atoms with Crippen LogP contribution in [0.4, 0.5) is 28.9 Å². The Kier molecular flexibility index (Phi) is 4.67. The van der Waals surface area contributed by atoms with Crippen molar-refractivity contribution in [1.82, 2.24) is 4.98 Å². The van der Waals surface area contributed by atoms with Crippen LogP contribution in [0.1, 0.15) is 25.1 Å². The van der Waals surface area contributed by atoms with E-state index in [4.69, 9.17) is 17.5 Å². The predicted molar refractivity (Wildman–Crippen MR) is 98.5 cm³/mol. The number of hydrogen-bond donors (Lipinski definition) is 1. The molecule has 1 saturated heterocycles. The van der Waals surface area contributed by atoms with Gasteiger partial charge in [-0.05, 0) is 32.0 Å². The third-order valence-electron chi connectivity index (χ3n) is 4.57. The maximum Gasteiger partial charge on any atom is 0.419 e. The van der Waals surface area contributed by atoms with E-state index in [0.29, 0.717) is 10.7 Å². The smallest absolute Gasteiger partial charge is 0.419 e. The van der Waals surface area contributed by atoms with Crippen LogP contribution in [0, 0.1) is 17.1 Å². The van der Waals surface area contributed by atoms with Crippen molar-refractivity contribution in [3.8, 4) is 11.8 Å². The zero-order valence-electron chi connectivity index (χ0n) is 14.8. The van der Waals surface area contributed by atoms with Crippen LogP contribution in [0.25, 0.3) is 0 Å².